The van der Waals surface area contributed by atoms with Gasteiger partial charge in [0.05, 0.1) is 24.6 Å². The van der Waals surface area contributed by atoms with Crippen LogP contribution in [0.4, 0.5) is 4.79 Å². The van der Waals surface area contributed by atoms with Crippen LogP contribution in [-0.4, -0.2) is 35.8 Å². The molecular formula is C13H18ClNO3. The summed E-state index contributed by atoms with van der Waals surface area (Å²) in [5, 5.41) is 12.4. The molecule has 0 spiro atoms. The summed E-state index contributed by atoms with van der Waals surface area (Å²) in [6, 6.07) is 9.13. The molecule has 0 saturated heterocycles. The number of carbonyl (C=O) groups is 1. The molecule has 0 bridgehead atoms. The molecule has 2 atom stereocenters. The summed E-state index contributed by atoms with van der Waals surface area (Å²) in [5.74, 6) is 0.0594. The fraction of sp³-hybridized carbons (Fsp3) is 0.462. The Balaban J connectivity index is 2.64. The van der Waals surface area contributed by atoms with E-state index in [-0.39, 0.29) is 5.88 Å². The maximum atomic E-state index is 11.4. The molecule has 0 fully saturated rings. The van der Waals surface area contributed by atoms with Gasteiger partial charge in [0.25, 0.3) is 0 Å². The SMILES string of the molecule is CCOC(=O)N[C@@H](Cc1ccccc1)C(O)CCl. The minimum atomic E-state index is -0.809. The number of alkyl carbamates (subject to hydrolysis) is 1. The molecule has 4 nitrogen and oxygen atoms in total. The van der Waals surface area contributed by atoms with Gasteiger partial charge in [-0.05, 0) is 18.9 Å². The zero-order valence-electron chi connectivity index (χ0n) is 10.3. The van der Waals surface area contributed by atoms with Crippen LogP contribution in [0.5, 0.6) is 0 Å². The maximum absolute atomic E-state index is 11.4. The van der Waals surface area contributed by atoms with Gasteiger partial charge in [-0.15, -0.1) is 11.6 Å². The summed E-state index contributed by atoms with van der Waals surface area (Å²) in [4.78, 5) is 11.4. The Morgan fingerprint density at radius 2 is 2.11 bits per heavy atom. The molecule has 0 aliphatic rings. The van der Waals surface area contributed by atoms with E-state index in [2.05, 4.69) is 5.32 Å². The zero-order valence-corrected chi connectivity index (χ0v) is 11.1. The number of halogens is 1. The second-order valence-electron chi connectivity index (χ2n) is 3.88. The largest absolute Gasteiger partial charge is 0.450 e. The normalized spacial score (nSPS) is 13.7. The van der Waals surface area contributed by atoms with Gasteiger partial charge in [-0.3, -0.25) is 0 Å². The van der Waals surface area contributed by atoms with Crippen molar-refractivity contribution in [2.75, 3.05) is 12.5 Å². The van der Waals surface area contributed by atoms with E-state index in [0.29, 0.717) is 13.0 Å². The molecule has 0 saturated carbocycles. The Hall–Kier alpha value is -1.26. The third-order valence-electron chi connectivity index (χ3n) is 2.50. The van der Waals surface area contributed by atoms with Crippen LogP contribution >= 0.6 is 11.6 Å². The molecule has 1 aromatic rings. The van der Waals surface area contributed by atoms with Gasteiger partial charge in [0.15, 0.2) is 0 Å². The fourth-order valence-corrected chi connectivity index (χ4v) is 1.80. The molecule has 18 heavy (non-hydrogen) atoms. The van der Waals surface area contributed by atoms with E-state index in [0.717, 1.165) is 5.56 Å². The number of amides is 1. The number of hydrogen-bond acceptors (Lipinski definition) is 3. The van der Waals surface area contributed by atoms with Crippen LogP contribution < -0.4 is 5.32 Å². The highest BCUT2D eigenvalue weighted by atomic mass is 35.5. The summed E-state index contributed by atoms with van der Waals surface area (Å²) in [6.07, 6.45) is -0.841. The Kier molecular flexibility index (Phi) is 6.54. The summed E-state index contributed by atoms with van der Waals surface area (Å²) >= 11 is 5.63. The molecule has 1 unspecified atom stereocenters. The van der Waals surface area contributed by atoms with Crippen LogP contribution in [0.15, 0.2) is 30.3 Å². The fourth-order valence-electron chi connectivity index (χ4n) is 1.58. The van der Waals surface area contributed by atoms with Crippen LogP contribution in [0.2, 0.25) is 0 Å². The van der Waals surface area contributed by atoms with Gasteiger partial charge in [-0.25, -0.2) is 4.79 Å². The van der Waals surface area contributed by atoms with Gasteiger partial charge in [0.1, 0.15) is 0 Å². The van der Waals surface area contributed by atoms with E-state index in [4.69, 9.17) is 16.3 Å². The van der Waals surface area contributed by atoms with Crippen molar-refractivity contribution in [3.63, 3.8) is 0 Å². The second-order valence-corrected chi connectivity index (χ2v) is 4.19. The van der Waals surface area contributed by atoms with E-state index in [1.54, 1.807) is 6.92 Å². The van der Waals surface area contributed by atoms with E-state index < -0.39 is 18.2 Å². The van der Waals surface area contributed by atoms with Gasteiger partial charge in [-0.1, -0.05) is 30.3 Å². The molecule has 100 valence electrons. The molecule has 1 amide bonds. The minimum Gasteiger partial charge on any atom is -0.450 e. The van der Waals surface area contributed by atoms with Crippen molar-refractivity contribution in [1.29, 1.82) is 0 Å². The van der Waals surface area contributed by atoms with Crippen LogP contribution in [-0.2, 0) is 11.2 Å². The maximum Gasteiger partial charge on any atom is 0.407 e. The molecule has 5 heteroatoms. The highest BCUT2D eigenvalue weighted by molar-refractivity contribution is 6.18. The predicted octanol–water partition coefficient (Wildman–Crippen LogP) is 1.94. The number of alkyl halides is 1. The molecule has 0 radical (unpaired) electrons. The van der Waals surface area contributed by atoms with Gasteiger partial charge < -0.3 is 15.2 Å². The average molecular weight is 272 g/mol. The van der Waals surface area contributed by atoms with Crippen molar-refractivity contribution in [3.8, 4) is 0 Å². The third kappa shape index (κ3) is 4.94. The Morgan fingerprint density at radius 3 is 2.67 bits per heavy atom. The van der Waals surface area contributed by atoms with Crippen molar-refractivity contribution in [2.24, 2.45) is 0 Å². The van der Waals surface area contributed by atoms with Crippen molar-refractivity contribution in [2.45, 2.75) is 25.5 Å². The lowest BCUT2D eigenvalue weighted by molar-refractivity contribution is 0.118. The summed E-state index contributed by atoms with van der Waals surface area (Å²) in [6.45, 7) is 2.02. The van der Waals surface area contributed by atoms with Crippen LogP contribution in [0.25, 0.3) is 0 Å². The van der Waals surface area contributed by atoms with E-state index in [1.807, 2.05) is 30.3 Å². The van der Waals surface area contributed by atoms with Crippen molar-refractivity contribution in [3.05, 3.63) is 35.9 Å². The van der Waals surface area contributed by atoms with E-state index in [1.165, 1.54) is 0 Å². The molecule has 1 aromatic carbocycles. The lowest BCUT2D eigenvalue weighted by Gasteiger charge is -2.22. The number of carbonyl (C=O) groups excluding carboxylic acids is 1. The minimum absolute atomic E-state index is 0.0594. The van der Waals surface area contributed by atoms with Crippen molar-refractivity contribution < 1.29 is 14.6 Å². The second kappa shape index (κ2) is 7.95. The third-order valence-corrected chi connectivity index (χ3v) is 2.82. The van der Waals surface area contributed by atoms with Gasteiger partial charge in [-0.2, -0.15) is 0 Å². The Labute approximate surface area is 112 Å². The number of hydrogen-bond donors (Lipinski definition) is 2. The number of rotatable bonds is 6. The zero-order chi connectivity index (χ0) is 13.4. The number of benzene rings is 1. The monoisotopic (exact) mass is 271 g/mol. The van der Waals surface area contributed by atoms with Crippen molar-refractivity contribution in [1.82, 2.24) is 5.32 Å². The van der Waals surface area contributed by atoms with E-state index >= 15 is 0 Å². The summed E-state index contributed by atoms with van der Waals surface area (Å²) < 4.78 is 4.80. The first-order chi connectivity index (χ1) is 8.67. The first-order valence-corrected chi connectivity index (χ1v) is 6.42. The number of aliphatic hydroxyl groups excluding tert-OH is 1. The van der Waals surface area contributed by atoms with Crippen LogP contribution in [0.1, 0.15) is 12.5 Å². The Morgan fingerprint density at radius 1 is 1.44 bits per heavy atom. The summed E-state index contributed by atoms with van der Waals surface area (Å²) in [5.41, 5.74) is 1.02. The standard InChI is InChI=1S/C13H18ClNO3/c1-2-18-13(17)15-11(12(16)9-14)8-10-6-4-3-5-7-10/h3-7,11-12,16H,2,8-9H2,1H3,(H,15,17)/t11-,12?/m0/s1. The molecular weight excluding hydrogens is 254 g/mol. The van der Waals surface area contributed by atoms with Gasteiger partial charge in [0.2, 0.25) is 0 Å². The molecule has 0 aliphatic carbocycles. The molecule has 0 aliphatic heterocycles. The van der Waals surface area contributed by atoms with Crippen LogP contribution in [0.3, 0.4) is 0 Å². The highest BCUT2D eigenvalue weighted by Crippen LogP contribution is 2.07. The molecule has 0 heterocycles. The number of aliphatic hydroxyl groups is 1. The smallest absolute Gasteiger partial charge is 0.407 e. The predicted molar refractivity (Wildman–Crippen MR) is 70.8 cm³/mol. The number of ether oxygens (including phenoxy) is 1. The van der Waals surface area contributed by atoms with Crippen molar-refractivity contribution >= 4 is 17.7 Å². The average Bonchev–Trinajstić information content (AvgIpc) is 2.38. The molecule has 0 aromatic heterocycles. The topological polar surface area (TPSA) is 58.6 Å². The Bertz CT molecular complexity index is 359. The quantitative estimate of drug-likeness (QED) is 0.778. The van der Waals surface area contributed by atoms with Gasteiger partial charge >= 0.3 is 6.09 Å². The first kappa shape index (κ1) is 14.8. The van der Waals surface area contributed by atoms with E-state index in [9.17, 15) is 9.90 Å². The number of nitrogens with one attached hydrogen (secondary N) is 1. The van der Waals surface area contributed by atoms with Crippen LogP contribution in [0, 0.1) is 0 Å². The van der Waals surface area contributed by atoms with Gasteiger partial charge in [0, 0.05) is 0 Å². The lowest BCUT2D eigenvalue weighted by Crippen LogP contribution is -2.45. The lowest BCUT2D eigenvalue weighted by atomic mass is 10.0. The summed E-state index contributed by atoms with van der Waals surface area (Å²) in [7, 11) is 0. The first-order valence-electron chi connectivity index (χ1n) is 5.88. The molecule has 1 rings (SSSR count). The molecule has 2 N–H and O–H groups in total. The highest BCUT2D eigenvalue weighted by Gasteiger charge is 2.21.